The van der Waals surface area contributed by atoms with Crippen LogP contribution >= 0.6 is 0 Å². The lowest BCUT2D eigenvalue weighted by Crippen LogP contribution is -2.45. The summed E-state index contributed by atoms with van der Waals surface area (Å²) < 4.78 is 11.9. The third-order valence-electron chi connectivity index (χ3n) is 4.91. The fourth-order valence-corrected chi connectivity index (χ4v) is 3.45. The molecule has 0 radical (unpaired) electrons. The molecule has 0 N–H and O–H groups in total. The maximum atomic E-state index is 5.96. The molecule has 0 aliphatic carbocycles. The second kappa shape index (κ2) is 10.6. The molecule has 0 aromatic rings. The van der Waals surface area contributed by atoms with E-state index < -0.39 is 0 Å². The van der Waals surface area contributed by atoms with Crippen molar-refractivity contribution in [2.24, 2.45) is 0 Å². The third-order valence-corrected chi connectivity index (χ3v) is 4.91. The molecule has 2 aliphatic rings. The van der Waals surface area contributed by atoms with Crippen LogP contribution in [0.25, 0.3) is 0 Å². The lowest BCUT2D eigenvalue weighted by molar-refractivity contribution is -0.0600. The minimum Gasteiger partial charge on any atom is -0.376 e. The van der Waals surface area contributed by atoms with E-state index in [-0.39, 0.29) is 0 Å². The standard InChI is InChI=1S/C18H36N2O2/c1-3-5-9-19-11-13-21-17(15-19)7-8-18-16-20(10-6-4-2)12-14-22-18/h17-18H,3-16H2,1-2H3. The molecule has 0 spiro atoms. The summed E-state index contributed by atoms with van der Waals surface area (Å²) in [5.74, 6) is 0. The van der Waals surface area contributed by atoms with Gasteiger partial charge in [0.05, 0.1) is 25.4 Å². The minimum atomic E-state index is 0.417. The summed E-state index contributed by atoms with van der Waals surface area (Å²) in [6.45, 7) is 13.3. The molecule has 2 saturated heterocycles. The summed E-state index contributed by atoms with van der Waals surface area (Å²) in [7, 11) is 0. The minimum absolute atomic E-state index is 0.417. The van der Waals surface area contributed by atoms with Gasteiger partial charge in [-0.05, 0) is 38.8 Å². The van der Waals surface area contributed by atoms with Gasteiger partial charge in [-0.25, -0.2) is 0 Å². The van der Waals surface area contributed by atoms with E-state index in [0.29, 0.717) is 12.2 Å². The van der Waals surface area contributed by atoms with E-state index in [4.69, 9.17) is 9.47 Å². The largest absolute Gasteiger partial charge is 0.376 e. The number of morpholine rings is 2. The van der Waals surface area contributed by atoms with Gasteiger partial charge in [-0.1, -0.05) is 26.7 Å². The van der Waals surface area contributed by atoms with Crippen LogP contribution in [0, 0.1) is 0 Å². The normalized spacial score (nSPS) is 28.1. The zero-order chi connectivity index (χ0) is 15.6. The van der Waals surface area contributed by atoms with Gasteiger partial charge in [-0.3, -0.25) is 9.80 Å². The molecule has 0 bridgehead atoms. The van der Waals surface area contributed by atoms with Crippen molar-refractivity contribution in [3.8, 4) is 0 Å². The van der Waals surface area contributed by atoms with Gasteiger partial charge < -0.3 is 9.47 Å². The average molecular weight is 312 g/mol. The molecule has 0 amide bonds. The summed E-state index contributed by atoms with van der Waals surface area (Å²) in [5, 5.41) is 0. The predicted octanol–water partition coefficient (Wildman–Crippen LogP) is 2.77. The Labute approximate surface area is 137 Å². The Morgan fingerprint density at radius 3 is 1.64 bits per heavy atom. The molecule has 0 saturated carbocycles. The number of ether oxygens (including phenoxy) is 2. The Bertz CT molecular complexity index is 260. The Hall–Kier alpha value is -0.160. The van der Waals surface area contributed by atoms with Gasteiger partial charge in [0.1, 0.15) is 0 Å². The van der Waals surface area contributed by atoms with E-state index >= 15 is 0 Å². The van der Waals surface area contributed by atoms with Gasteiger partial charge in [0.25, 0.3) is 0 Å². The number of nitrogens with zero attached hydrogens (tertiary/aromatic N) is 2. The Morgan fingerprint density at radius 1 is 0.773 bits per heavy atom. The second-order valence-corrected chi connectivity index (χ2v) is 6.87. The maximum absolute atomic E-state index is 5.96. The summed E-state index contributed by atoms with van der Waals surface area (Å²) >= 11 is 0. The molecule has 0 aromatic carbocycles. The topological polar surface area (TPSA) is 24.9 Å². The molecule has 4 heteroatoms. The van der Waals surface area contributed by atoms with E-state index in [1.807, 2.05) is 0 Å². The van der Waals surface area contributed by atoms with Crippen molar-refractivity contribution in [3.05, 3.63) is 0 Å². The van der Waals surface area contributed by atoms with Crippen molar-refractivity contribution >= 4 is 0 Å². The molecule has 2 fully saturated rings. The van der Waals surface area contributed by atoms with Crippen molar-refractivity contribution in [2.45, 2.75) is 64.6 Å². The maximum Gasteiger partial charge on any atom is 0.0703 e. The van der Waals surface area contributed by atoms with Gasteiger partial charge in [-0.15, -0.1) is 0 Å². The molecular weight excluding hydrogens is 276 g/mol. The predicted molar refractivity (Wildman–Crippen MR) is 91.4 cm³/mol. The lowest BCUT2D eigenvalue weighted by atomic mass is 10.1. The van der Waals surface area contributed by atoms with Crippen molar-refractivity contribution in [1.29, 1.82) is 0 Å². The molecule has 2 atom stereocenters. The number of hydrogen-bond acceptors (Lipinski definition) is 4. The Morgan fingerprint density at radius 2 is 1.23 bits per heavy atom. The quantitative estimate of drug-likeness (QED) is 0.653. The molecule has 4 nitrogen and oxygen atoms in total. The van der Waals surface area contributed by atoms with Gasteiger partial charge in [-0.2, -0.15) is 0 Å². The highest BCUT2D eigenvalue weighted by atomic mass is 16.5. The molecule has 130 valence electrons. The fraction of sp³-hybridized carbons (Fsp3) is 1.00. The van der Waals surface area contributed by atoms with Crippen LogP contribution in [0.4, 0.5) is 0 Å². The lowest BCUT2D eigenvalue weighted by Gasteiger charge is -2.36. The number of hydrogen-bond donors (Lipinski definition) is 0. The highest BCUT2D eigenvalue weighted by Crippen LogP contribution is 2.17. The van der Waals surface area contributed by atoms with Crippen molar-refractivity contribution in [3.63, 3.8) is 0 Å². The monoisotopic (exact) mass is 312 g/mol. The number of unbranched alkanes of at least 4 members (excludes halogenated alkanes) is 2. The van der Waals surface area contributed by atoms with Gasteiger partial charge in [0.15, 0.2) is 0 Å². The Kier molecular flexibility index (Phi) is 8.75. The van der Waals surface area contributed by atoms with Crippen LogP contribution in [0.2, 0.25) is 0 Å². The molecule has 2 rings (SSSR count). The summed E-state index contributed by atoms with van der Waals surface area (Å²) in [4.78, 5) is 5.15. The first-order valence-corrected chi connectivity index (χ1v) is 9.49. The summed E-state index contributed by atoms with van der Waals surface area (Å²) in [6, 6.07) is 0. The van der Waals surface area contributed by atoms with Crippen molar-refractivity contribution in [1.82, 2.24) is 9.80 Å². The van der Waals surface area contributed by atoms with Crippen LogP contribution in [-0.2, 0) is 9.47 Å². The second-order valence-electron chi connectivity index (χ2n) is 6.87. The van der Waals surface area contributed by atoms with E-state index in [2.05, 4.69) is 23.6 Å². The smallest absolute Gasteiger partial charge is 0.0703 e. The molecule has 2 aliphatic heterocycles. The highest BCUT2D eigenvalue weighted by molar-refractivity contribution is 4.76. The zero-order valence-electron chi connectivity index (χ0n) is 14.8. The number of rotatable bonds is 9. The van der Waals surface area contributed by atoms with E-state index in [0.717, 1.165) is 52.2 Å². The fourth-order valence-electron chi connectivity index (χ4n) is 3.45. The van der Waals surface area contributed by atoms with Gasteiger partial charge in [0.2, 0.25) is 0 Å². The summed E-state index contributed by atoms with van der Waals surface area (Å²) in [5.41, 5.74) is 0. The van der Waals surface area contributed by atoms with Crippen molar-refractivity contribution < 1.29 is 9.47 Å². The first kappa shape index (κ1) is 18.2. The molecule has 0 aromatic heterocycles. The SMILES string of the molecule is CCCCN1CCOC(CCC2CN(CCCC)CCO2)C1. The first-order valence-electron chi connectivity index (χ1n) is 9.49. The third kappa shape index (κ3) is 6.53. The van der Waals surface area contributed by atoms with Crippen LogP contribution in [0.1, 0.15) is 52.4 Å². The van der Waals surface area contributed by atoms with Crippen LogP contribution in [0.5, 0.6) is 0 Å². The Balaban J connectivity index is 1.64. The van der Waals surface area contributed by atoms with Crippen molar-refractivity contribution in [2.75, 3.05) is 52.5 Å². The zero-order valence-corrected chi connectivity index (χ0v) is 14.8. The van der Waals surface area contributed by atoms with E-state index in [1.165, 1.54) is 38.8 Å². The highest BCUT2D eigenvalue weighted by Gasteiger charge is 2.24. The van der Waals surface area contributed by atoms with Gasteiger partial charge in [0, 0.05) is 26.2 Å². The molecule has 22 heavy (non-hydrogen) atoms. The summed E-state index contributed by atoms with van der Waals surface area (Å²) in [6.07, 6.45) is 8.32. The van der Waals surface area contributed by atoms with E-state index in [1.54, 1.807) is 0 Å². The molecular formula is C18H36N2O2. The average Bonchev–Trinajstić information content (AvgIpc) is 2.57. The molecule has 2 unspecified atom stereocenters. The van der Waals surface area contributed by atoms with Gasteiger partial charge >= 0.3 is 0 Å². The molecule has 2 heterocycles. The van der Waals surface area contributed by atoms with Crippen LogP contribution in [0.15, 0.2) is 0 Å². The van der Waals surface area contributed by atoms with E-state index in [9.17, 15) is 0 Å². The van der Waals surface area contributed by atoms with Crippen LogP contribution < -0.4 is 0 Å². The van der Waals surface area contributed by atoms with Crippen LogP contribution in [-0.4, -0.2) is 74.5 Å². The first-order chi connectivity index (χ1) is 10.8. The van der Waals surface area contributed by atoms with Crippen LogP contribution in [0.3, 0.4) is 0 Å².